The molecule has 0 radical (unpaired) electrons. The van der Waals surface area contributed by atoms with Crippen molar-refractivity contribution in [1.29, 1.82) is 0 Å². The molecular weight excluding hydrogens is 380 g/mol. The van der Waals surface area contributed by atoms with Gasteiger partial charge in [0.05, 0.1) is 28.9 Å². The molecule has 0 bridgehead atoms. The van der Waals surface area contributed by atoms with Crippen LogP contribution in [0.3, 0.4) is 0 Å². The van der Waals surface area contributed by atoms with Crippen molar-refractivity contribution in [2.45, 2.75) is 51.7 Å². The number of hydrogen-bond donors (Lipinski definition) is 2. The van der Waals surface area contributed by atoms with Crippen molar-refractivity contribution in [3.8, 4) is 0 Å². The quantitative estimate of drug-likeness (QED) is 0.724. The summed E-state index contributed by atoms with van der Waals surface area (Å²) < 4.78 is 0. The summed E-state index contributed by atoms with van der Waals surface area (Å²) in [6.45, 7) is 9.02. The second-order valence-electron chi connectivity index (χ2n) is 10.0. The van der Waals surface area contributed by atoms with Gasteiger partial charge in [-0.3, -0.25) is 4.99 Å². The normalized spacial score (nSPS) is 25.8. The smallest absolute Gasteiger partial charge is 0.138 e. The Morgan fingerprint density at radius 3 is 2.29 bits per heavy atom. The van der Waals surface area contributed by atoms with E-state index in [0.717, 1.165) is 29.1 Å². The molecule has 3 aliphatic heterocycles. The van der Waals surface area contributed by atoms with Crippen LogP contribution in [0.5, 0.6) is 0 Å². The summed E-state index contributed by atoms with van der Waals surface area (Å²) in [6.07, 6.45) is 5.25. The minimum absolute atomic E-state index is 0.0577. The lowest BCUT2D eigenvalue weighted by Gasteiger charge is -2.42. The highest BCUT2D eigenvalue weighted by Gasteiger charge is 2.44. The molecule has 2 aromatic carbocycles. The third-order valence-electron chi connectivity index (χ3n) is 6.41. The van der Waals surface area contributed by atoms with Gasteiger partial charge in [0, 0.05) is 11.9 Å². The number of fused-ring (bicyclic) bond motifs is 1. The van der Waals surface area contributed by atoms with Crippen molar-refractivity contribution in [3.05, 3.63) is 89.1 Å². The Kier molecular flexibility index (Phi) is 4.62. The van der Waals surface area contributed by atoms with Crippen LogP contribution < -0.4 is 10.6 Å². The standard InChI is InChI=1S/C27H30N4/c1-26(2)15-21(18-11-7-5-8-12-18)29-23-20(17-28-24(23)26)25-30-22(16-27(3,4)31-25)19-13-9-6-10-14-19/h5-14,16-17,21,24,29H,15H2,1-4H3,(H,30,31). The number of benzene rings is 2. The van der Waals surface area contributed by atoms with E-state index in [9.17, 15) is 0 Å². The van der Waals surface area contributed by atoms with E-state index in [4.69, 9.17) is 9.98 Å². The zero-order valence-electron chi connectivity index (χ0n) is 18.7. The van der Waals surface area contributed by atoms with Crippen LogP contribution in [-0.4, -0.2) is 23.6 Å². The molecule has 158 valence electrons. The second-order valence-corrected chi connectivity index (χ2v) is 10.0. The average molecular weight is 411 g/mol. The highest BCUT2D eigenvalue weighted by Crippen LogP contribution is 2.44. The van der Waals surface area contributed by atoms with E-state index in [1.54, 1.807) is 0 Å². The highest BCUT2D eigenvalue weighted by molar-refractivity contribution is 6.19. The van der Waals surface area contributed by atoms with Crippen LogP contribution in [0, 0.1) is 5.41 Å². The number of amidine groups is 1. The van der Waals surface area contributed by atoms with Gasteiger partial charge >= 0.3 is 0 Å². The lowest BCUT2D eigenvalue weighted by atomic mass is 9.73. The Balaban J connectivity index is 1.57. The average Bonchev–Trinajstić information content (AvgIpc) is 3.19. The summed E-state index contributed by atoms with van der Waals surface area (Å²) in [4.78, 5) is 9.98. The van der Waals surface area contributed by atoms with Gasteiger partial charge in [0.1, 0.15) is 5.84 Å². The molecule has 0 saturated carbocycles. The molecule has 0 aromatic heterocycles. The summed E-state index contributed by atoms with van der Waals surface area (Å²) in [5.74, 6) is 0.893. The van der Waals surface area contributed by atoms with Crippen LogP contribution >= 0.6 is 0 Å². The zero-order chi connectivity index (χ0) is 21.6. The molecule has 1 saturated heterocycles. The first kappa shape index (κ1) is 19.8. The minimum Gasteiger partial charge on any atom is -0.379 e. The Bertz CT molecular complexity index is 1100. The van der Waals surface area contributed by atoms with Crippen molar-refractivity contribution in [2.24, 2.45) is 15.4 Å². The number of nitrogens with zero attached hydrogens (tertiary/aromatic N) is 2. The number of rotatable bonds is 3. The summed E-state index contributed by atoms with van der Waals surface area (Å²) in [7, 11) is 0. The van der Waals surface area contributed by atoms with Gasteiger partial charge in [-0.2, -0.15) is 0 Å². The Hall–Kier alpha value is -3.14. The van der Waals surface area contributed by atoms with Crippen molar-refractivity contribution in [3.63, 3.8) is 0 Å². The van der Waals surface area contributed by atoms with E-state index in [0.29, 0.717) is 0 Å². The van der Waals surface area contributed by atoms with Crippen LogP contribution in [0.15, 0.2) is 88.0 Å². The Morgan fingerprint density at radius 2 is 1.58 bits per heavy atom. The van der Waals surface area contributed by atoms with Crippen molar-refractivity contribution in [2.75, 3.05) is 0 Å². The van der Waals surface area contributed by atoms with E-state index in [-0.39, 0.29) is 23.0 Å². The first-order valence-electron chi connectivity index (χ1n) is 11.1. The Morgan fingerprint density at radius 1 is 0.903 bits per heavy atom. The van der Waals surface area contributed by atoms with Crippen LogP contribution in [0.2, 0.25) is 0 Å². The maximum absolute atomic E-state index is 5.04. The minimum atomic E-state index is -0.204. The number of piperidine rings is 1. The topological polar surface area (TPSA) is 48.8 Å². The van der Waals surface area contributed by atoms with Gasteiger partial charge in [0.2, 0.25) is 0 Å². The fraction of sp³-hybridized carbons (Fsp3) is 0.333. The van der Waals surface area contributed by atoms with Gasteiger partial charge in [-0.1, -0.05) is 74.5 Å². The predicted octanol–water partition coefficient (Wildman–Crippen LogP) is 5.28. The van der Waals surface area contributed by atoms with Gasteiger partial charge in [0.25, 0.3) is 0 Å². The number of hydrogen-bond acceptors (Lipinski definition) is 4. The third-order valence-corrected chi connectivity index (χ3v) is 6.41. The molecule has 0 spiro atoms. The lowest BCUT2D eigenvalue weighted by molar-refractivity contribution is 0.212. The van der Waals surface area contributed by atoms with Gasteiger partial charge in [0.15, 0.2) is 0 Å². The molecule has 3 heterocycles. The summed E-state index contributed by atoms with van der Waals surface area (Å²) in [5, 5.41) is 7.46. The van der Waals surface area contributed by atoms with Crippen LogP contribution in [0.1, 0.15) is 51.3 Å². The van der Waals surface area contributed by atoms with Gasteiger partial charge < -0.3 is 10.6 Å². The van der Waals surface area contributed by atoms with Crippen LogP contribution in [0.4, 0.5) is 0 Å². The SMILES string of the molecule is CC1(C)C=C(c2ccccc2)N=C(C2=C3NC(c4ccccc4)CC(C)(C)C3N=C2)N1. The second kappa shape index (κ2) is 7.23. The van der Waals surface area contributed by atoms with Crippen molar-refractivity contribution in [1.82, 2.24) is 10.6 Å². The van der Waals surface area contributed by atoms with Crippen LogP contribution in [-0.2, 0) is 0 Å². The largest absolute Gasteiger partial charge is 0.379 e. The van der Waals surface area contributed by atoms with E-state index in [1.807, 2.05) is 12.3 Å². The molecule has 4 nitrogen and oxygen atoms in total. The predicted molar refractivity (Wildman–Crippen MR) is 129 cm³/mol. The Labute approximate surface area is 184 Å². The summed E-state index contributed by atoms with van der Waals surface area (Å²) >= 11 is 0. The molecule has 2 atom stereocenters. The molecule has 3 aliphatic rings. The highest BCUT2D eigenvalue weighted by atomic mass is 15.1. The molecular formula is C27H30N4. The maximum Gasteiger partial charge on any atom is 0.138 e. The fourth-order valence-electron chi connectivity index (χ4n) is 4.89. The molecule has 31 heavy (non-hydrogen) atoms. The number of aliphatic imine (C=N–C) groups is 2. The molecule has 2 N–H and O–H groups in total. The van der Waals surface area contributed by atoms with Crippen molar-refractivity contribution >= 4 is 17.7 Å². The van der Waals surface area contributed by atoms with Crippen molar-refractivity contribution < 1.29 is 0 Å². The molecule has 2 aromatic rings. The van der Waals surface area contributed by atoms with E-state index < -0.39 is 0 Å². The monoisotopic (exact) mass is 410 g/mol. The zero-order valence-corrected chi connectivity index (χ0v) is 18.7. The lowest BCUT2D eigenvalue weighted by Crippen LogP contribution is -2.47. The van der Waals surface area contributed by atoms with Crippen LogP contribution in [0.25, 0.3) is 5.70 Å². The molecule has 0 amide bonds. The van der Waals surface area contributed by atoms with Gasteiger partial charge in [-0.05, 0) is 42.9 Å². The molecule has 1 fully saturated rings. The molecule has 5 rings (SSSR count). The van der Waals surface area contributed by atoms with E-state index >= 15 is 0 Å². The van der Waals surface area contributed by atoms with Gasteiger partial charge in [-0.25, -0.2) is 4.99 Å². The number of nitrogens with one attached hydrogen (secondary N) is 2. The van der Waals surface area contributed by atoms with Gasteiger partial charge in [-0.15, -0.1) is 0 Å². The molecule has 4 heteroatoms. The maximum atomic E-state index is 5.04. The summed E-state index contributed by atoms with van der Waals surface area (Å²) in [6, 6.07) is 21.5. The first-order chi connectivity index (χ1) is 14.8. The van der Waals surface area contributed by atoms with E-state index in [2.05, 4.69) is 99.0 Å². The first-order valence-corrected chi connectivity index (χ1v) is 11.1. The molecule has 0 aliphatic carbocycles. The van der Waals surface area contributed by atoms with E-state index in [1.165, 1.54) is 11.3 Å². The fourth-order valence-corrected chi connectivity index (χ4v) is 4.89. The third kappa shape index (κ3) is 3.71. The molecule has 2 unspecified atom stereocenters. The summed E-state index contributed by atoms with van der Waals surface area (Å²) in [5.41, 5.74) is 5.56.